The van der Waals surface area contributed by atoms with Crippen LogP contribution in [0.3, 0.4) is 0 Å². The summed E-state index contributed by atoms with van der Waals surface area (Å²) in [7, 11) is 0. The van der Waals surface area contributed by atoms with Crippen molar-refractivity contribution in [1.82, 2.24) is 19.4 Å². The highest BCUT2D eigenvalue weighted by atomic mass is 35.5. The van der Waals surface area contributed by atoms with Crippen LogP contribution in [0.25, 0.3) is 0 Å². The van der Waals surface area contributed by atoms with Gasteiger partial charge in [-0.3, -0.25) is 9.69 Å². The van der Waals surface area contributed by atoms with Crippen LogP contribution in [0, 0.1) is 6.92 Å². The van der Waals surface area contributed by atoms with E-state index in [4.69, 9.17) is 11.6 Å². The number of aryl methyl sites for hydroxylation is 1. The number of imidazole rings is 1. The molecule has 0 saturated carbocycles. The number of hydrogen-bond acceptors (Lipinski definition) is 3. The largest absolute Gasteiger partial charge is 0.336 e. The fourth-order valence-electron chi connectivity index (χ4n) is 2.84. The molecule has 0 spiro atoms. The Kier molecular flexibility index (Phi) is 4.98. The van der Waals surface area contributed by atoms with Gasteiger partial charge in [-0.1, -0.05) is 11.6 Å². The van der Waals surface area contributed by atoms with Gasteiger partial charge in [0.25, 0.3) is 5.91 Å². The molecule has 0 atom stereocenters. The number of halogens is 1. The molecule has 0 unspecified atom stereocenters. The van der Waals surface area contributed by atoms with Gasteiger partial charge in [-0.2, -0.15) is 0 Å². The van der Waals surface area contributed by atoms with Crippen LogP contribution < -0.4 is 0 Å². The minimum absolute atomic E-state index is 0.0896. The summed E-state index contributed by atoms with van der Waals surface area (Å²) in [5.74, 6) is 1.13. The summed E-state index contributed by atoms with van der Waals surface area (Å²) >= 11 is 5.87. The van der Waals surface area contributed by atoms with Crippen LogP contribution in [0.5, 0.6) is 0 Å². The average Bonchev–Trinajstić information content (AvgIpc) is 2.99. The minimum Gasteiger partial charge on any atom is -0.336 e. The van der Waals surface area contributed by atoms with Gasteiger partial charge in [-0.25, -0.2) is 4.98 Å². The molecule has 1 saturated heterocycles. The topological polar surface area (TPSA) is 41.4 Å². The van der Waals surface area contributed by atoms with Crippen LogP contribution in [-0.4, -0.2) is 58.0 Å². The molecular weight excluding hydrogens is 312 g/mol. The van der Waals surface area contributed by atoms with E-state index in [1.54, 1.807) is 24.3 Å². The van der Waals surface area contributed by atoms with Crippen LogP contribution in [-0.2, 0) is 6.54 Å². The Labute approximate surface area is 141 Å². The number of carbonyl (C=O) groups excluding carboxylic acids is 1. The van der Waals surface area contributed by atoms with Gasteiger partial charge < -0.3 is 9.47 Å². The standard InChI is InChI=1S/C17H21ClN4O/c1-14-19-6-7-21(14)11-8-20-9-12-22(13-10-20)17(23)15-2-4-16(18)5-3-15/h2-7H,8-13H2,1H3. The van der Waals surface area contributed by atoms with Crippen molar-refractivity contribution in [2.75, 3.05) is 32.7 Å². The average molecular weight is 333 g/mol. The van der Waals surface area contributed by atoms with E-state index < -0.39 is 0 Å². The van der Waals surface area contributed by atoms with E-state index in [0.717, 1.165) is 45.1 Å². The summed E-state index contributed by atoms with van der Waals surface area (Å²) in [6.45, 7) is 7.30. The Balaban J connectivity index is 1.49. The molecule has 1 amide bonds. The van der Waals surface area contributed by atoms with E-state index in [-0.39, 0.29) is 5.91 Å². The monoisotopic (exact) mass is 332 g/mol. The van der Waals surface area contributed by atoms with Crippen molar-refractivity contribution in [3.05, 3.63) is 53.1 Å². The Hall–Kier alpha value is -1.85. The Morgan fingerprint density at radius 1 is 1.13 bits per heavy atom. The number of amides is 1. The molecule has 1 aromatic carbocycles. The maximum Gasteiger partial charge on any atom is 0.253 e. The first-order chi connectivity index (χ1) is 11.1. The zero-order chi connectivity index (χ0) is 16.2. The van der Waals surface area contributed by atoms with Gasteiger partial charge in [0.1, 0.15) is 5.82 Å². The molecule has 1 aliphatic rings. The fraction of sp³-hybridized carbons (Fsp3) is 0.412. The predicted molar refractivity (Wildman–Crippen MR) is 90.8 cm³/mol. The molecule has 2 aromatic rings. The van der Waals surface area contributed by atoms with E-state index >= 15 is 0 Å². The summed E-state index contributed by atoms with van der Waals surface area (Å²) < 4.78 is 2.16. The number of hydrogen-bond donors (Lipinski definition) is 0. The Bertz CT molecular complexity index is 659. The number of carbonyl (C=O) groups is 1. The first-order valence-electron chi connectivity index (χ1n) is 7.88. The third-order valence-corrected chi connectivity index (χ3v) is 4.58. The molecule has 1 aromatic heterocycles. The molecule has 3 rings (SSSR count). The first-order valence-corrected chi connectivity index (χ1v) is 8.26. The third kappa shape index (κ3) is 3.92. The summed E-state index contributed by atoms with van der Waals surface area (Å²) in [6, 6.07) is 7.11. The van der Waals surface area contributed by atoms with Crippen LogP contribution in [0.1, 0.15) is 16.2 Å². The molecule has 0 radical (unpaired) electrons. The highest BCUT2D eigenvalue weighted by Gasteiger charge is 2.21. The number of rotatable bonds is 4. The lowest BCUT2D eigenvalue weighted by molar-refractivity contribution is 0.0633. The van der Waals surface area contributed by atoms with E-state index in [1.807, 2.05) is 24.2 Å². The Morgan fingerprint density at radius 2 is 1.83 bits per heavy atom. The normalized spacial score (nSPS) is 15.8. The van der Waals surface area contributed by atoms with Crippen molar-refractivity contribution in [3.63, 3.8) is 0 Å². The first kappa shape index (κ1) is 16.0. The zero-order valence-corrected chi connectivity index (χ0v) is 14.0. The fourth-order valence-corrected chi connectivity index (χ4v) is 2.96. The van der Waals surface area contributed by atoms with Crippen LogP contribution in [0.4, 0.5) is 0 Å². The molecule has 0 aliphatic carbocycles. The Morgan fingerprint density at radius 3 is 2.43 bits per heavy atom. The minimum atomic E-state index is 0.0896. The summed E-state index contributed by atoms with van der Waals surface area (Å²) in [5, 5.41) is 0.654. The van der Waals surface area contributed by atoms with Gasteiger partial charge in [-0.15, -0.1) is 0 Å². The number of nitrogens with zero attached hydrogens (tertiary/aromatic N) is 4. The van der Waals surface area contributed by atoms with Crippen molar-refractivity contribution < 1.29 is 4.79 Å². The molecule has 1 aliphatic heterocycles. The molecular formula is C17H21ClN4O. The van der Waals surface area contributed by atoms with Crippen molar-refractivity contribution in [2.24, 2.45) is 0 Å². The lowest BCUT2D eigenvalue weighted by atomic mass is 10.2. The van der Waals surface area contributed by atoms with Crippen molar-refractivity contribution in [1.29, 1.82) is 0 Å². The van der Waals surface area contributed by atoms with Crippen molar-refractivity contribution >= 4 is 17.5 Å². The van der Waals surface area contributed by atoms with Crippen LogP contribution in [0.15, 0.2) is 36.7 Å². The summed E-state index contributed by atoms with van der Waals surface area (Å²) in [6.07, 6.45) is 3.84. The smallest absolute Gasteiger partial charge is 0.253 e. The second-order valence-electron chi connectivity index (χ2n) is 5.81. The molecule has 0 N–H and O–H groups in total. The number of piperazine rings is 1. The summed E-state index contributed by atoms with van der Waals surface area (Å²) in [5.41, 5.74) is 0.705. The van der Waals surface area contributed by atoms with Gasteiger partial charge in [0.05, 0.1) is 0 Å². The molecule has 0 bridgehead atoms. The third-order valence-electron chi connectivity index (χ3n) is 4.33. The van der Waals surface area contributed by atoms with Crippen molar-refractivity contribution in [2.45, 2.75) is 13.5 Å². The highest BCUT2D eigenvalue weighted by Crippen LogP contribution is 2.13. The van der Waals surface area contributed by atoms with Gasteiger partial charge in [0, 0.05) is 62.2 Å². The van der Waals surface area contributed by atoms with E-state index in [1.165, 1.54) is 0 Å². The summed E-state index contributed by atoms with van der Waals surface area (Å²) in [4.78, 5) is 21.0. The lowest BCUT2D eigenvalue weighted by Gasteiger charge is -2.34. The zero-order valence-electron chi connectivity index (χ0n) is 13.3. The molecule has 122 valence electrons. The molecule has 2 heterocycles. The van der Waals surface area contributed by atoms with E-state index in [9.17, 15) is 4.79 Å². The molecule has 6 heteroatoms. The van der Waals surface area contributed by atoms with Crippen LogP contribution in [0.2, 0.25) is 5.02 Å². The van der Waals surface area contributed by atoms with E-state index in [0.29, 0.717) is 10.6 Å². The predicted octanol–water partition coefficient (Wildman–Crippen LogP) is 2.30. The second kappa shape index (κ2) is 7.15. The lowest BCUT2D eigenvalue weighted by Crippen LogP contribution is -2.49. The second-order valence-corrected chi connectivity index (χ2v) is 6.25. The van der Waals surface area contributed by atoms with Gasteiger partial charge >= 0.3 is 0 Å². The maximum absolute atomic E-state index is 12.5. The number of aromatic nitrogens is 2. The maximum atomic E-state index is 12.5. The highest BCUT2D eigenvalue weighted by molar-refractivity contribution is 6.30. The van der Waals surface area contributed by atoms with Gasteiger partial charge in [0.15, 0.2) is 0 Å². The molecule has 1 fully saturated rings. The van der Waals surface area contributed by atoms with Gasteiger partial charge in [0.2, 0.25) is 0 Å². The SMILES string of the molecule is Cc1nccn1CCN1CCN(C(=O)c2ccc(Cl)cc2)CC1. The molecule has 5 nitrogen and oxygen atoms in total. The van der Waals surface area contributed by atoms with Crippen molar-refractivity contribution in [3.8, 4) is 0 Å². The van der Waals surface area contributed by atoms with E-state index in [2.05, 4.69) is 14.5 Å². The quantitative estimate of drug-likeness (QED) is 0.862. The van der Waals surface area contributed by atoms with Gasteiger partial charge in [-0.05, 0) is 31.2 Å². The molecule has 23 heavy (non-hydrogen) atoms. The number of benzene rings is 1. The van der Waals surface area contributed by atoms with Crippen LogP contribution >= 0.6 is 11.6 Å².